The molecule has 0 aliphatic rings. The van der Waals surface area contributed by atoms with Crippen molar-refractivity contribution < 1.29 is 17.9 Å². The highest BCUT2D eigenvalue weighted by molar-refractivity contribution is 7.92. The van der Waals surface area contributed by atoms with Crippen LogP contribution < -0.4 is 14.8 Å². The van der Waals surface area contributed by atoms with Gasteiger partial charge in [-0.25, -0.2) is 8.42 Å². The second kappa shape index (κ2) is 10.1. The molecule has 3 rings (SSSR count). The summed E-state index contributed by atoms with van der Waals surface area (Å²) >= 11 is 0. The molecule has 0 saturated heterocycles. The van der Waals surface area contributed by atoms with Crippen molar-refractivity contribution in [3.63, 3.8) is 0 Å². The lowest BCUT2D eigenvalue weighted by Crippen LogP contribution is -2.28. The molecule has 7 heteroatoms. The number of amides is 1. The summed E-state index contributed by atoms with van der Waals surface area (Å²) in [7, 11) is -2.27. The zero-order valence-electron chi connectivity index (χ0n) is 19.6. The van der Waals surface area contributed by atoms with Crippen molar-refractivity contribution in [2.45, 2.75) is 45.1 Å². The van der Waals surface area contributed by atoms with E-state index in [2.05, 4.69) is 10.0 Å². The first-order valence-electron chi connectivity index (χ1n) is 10.8. The van der Waals surface area contributed by atoms with Crippen molar-refractivity contribution in [3.8, 4) is 5.75 Å². The molecule has 3 aromatic carbocycles. The van der Waals surface area contributed by atoms with Crippen LogP contribution in [0.5, 0.6) is 5.75 Å². The quantitative estimate of drug-likeness (QED) is 0.472. The number of hydrogen-bond acceptors (Lipinski definition) is 4. The van der Waals surface area contributed by atoms with Gasteiger partial charge in [0.2, 0.25) is 0 Å². The van der Waals surface area contributed by atoms with Crippen LogP contribution in [0.3, 0.4) is 0 Å². The summed E-state index contributed by atoms with van der Waals surface area (Å²) in [5, 5.41) is 3.00. The van der Waals surface area contributed by atoms with Gasteiger partial charge in [-0.15, -0.1) is 0 Å². The number of hydrogen-bond donors (Lipinski definition) is 2. The van der Waals surface area contributed by atoms with Crippen LogP contribution in [-0.2, 0) is 10.0 Å². The van der Waals surface area contributed by atoms with Gasteiger partial charge < -0.3 is 10.1 Å². The molecule has 174 valence electrons. The minimum absolute atomic E-state index is 0.0765. The average molecular weight is 467 g/mol. The zero-order valence-corrected chi connectivity index (χ0v) is 20.4. The van der Waals surface area contributed by atoms with Crippen molar-refractivity contribution >= 4 is 21.6 Å². The van der Waals surface area contributed by atoms with Crippen LogP contribution in [0.1, 0.15) is 52.0 Å². The van der Waals surface area contributed by atoms with Crippen LogP contribution in [0.15, 0.2) is 65.6 Å². The lowest BCUT2D eigenvalue weighted by molar-refractivity contribution is 0.0935. The van der Waals surface area contributed by atoms with Crippen LogP contribution in [0.25, 0.3) is 0 Å². The summed E-state index contributed by atoms with van der Waals surface area (Å²) in [6.45, 7) is 7.50. The SMILES string of the molecule is CCC(NC(=O)c1ccc(C)c(S(=O)(=O)Nc2ccc(C)cc2C)c1)c1ccc(OC)cc1. The maximum atomic E-state index is 13.1. The van der Waals surface area contributed by atoms with E-state index in [0.29, 0.717) is 17.7 Å². The van der Waals surface area contributed by atoms with Gasteiger partial charge in [0, 0.05) is 5.56 Å². The molecular weight excluding hydrogens is 436 g/mol. The largest absolute Gasteiger partial charge is 0.497 e. The summed E-state index contributed by atoms with van der Waals surface area (Å²) in [5.74, 6) is 0.408. The number of benzene rings is 3. The van der Waals surface area contributed by atoms with E-state index in [9.17, 15) is 13.2 Å². The second-order valence-electron chi connectivity index (χ2n) is 8.11. The Morgan fingerprint density at radius 2 is 1.64 bits per heavy atom. The lowest BCUT2D eigenvalue weighted by Gasteiger charge is -2.19. The first-order valence-corrected chi connectivity index (χ1v) is 12.3. The molecule has 0 aliphatic carbocycles. The van der Waals surface area contributed by atoms with Crippen LogP contribution in [0, 0.1) is 20.8 Å². The summed E-state index contributed by atoms with van der Waals surface area (Å²) < 4.78 is 34.1. The molecule has 0 radical (unpaired) electrons. The van der Waals surface area contributed by atoms with Gasteiger partial charge in [0.15, 0.2) is 0 Å². The van der Waals surface area contributed by atoms with Gasteiger partial charge in [-0.1, -0.05) is 42.8 Å². The predicted molar refractivity (Wildman–Crippen MR) is 131 cm³/mol. The normalized spacial score (nSPS) is 12.2. The summed E-state index contributed by atoms with van der Waals surface area (Å²) in [6, 6.07) is 17.5. The molecule has 1 unspecified atom stereocenters. The molecule has 0 spiro atoms. The van der Waals surface area contributed by atoms with Gasteiger partial charge in [0.1, 0.15) is 5.75 Å². The molecule has 0 aromatic heterocycles. The molecule has 0 aliphatic heterocycles. The van der Waals surface area contributed by atoms with E-state index < -0.39 is 10.0 Å². The Morgan fingerprint density at radius 1 is 0.939 bits per heavy atom. The maximum absolute atomic E-state index is 13.1. The van der Waals surface area contributed by atoms with Crippen molar-refractivity contribution in [3.05, 3.63) is 88.5 Å². The molecular formula is C26H30N2O4S. The van der Waals surface area contributed by atoms with Crippen LogP contribution in [0.4, 0.5) is 5.69 Å². The Kier molecular flexibility index (Phi) is 7.43. The fraction of sp³-hybridized carbons (Fsp3) is 0.269. The number of carbonyl (C=O) groups excluding carboxylic acids is 1. The van der Waals surface area contributed by atoms with Gasteiger partial charge in [0.05, 0.1) is 23.7 Å². The monoisotopic (exact) mass is 466 g/mol. The Bertz CT molecular complexity index is 1250. The molecule has 2 N–H and O–H groups in total. The number of ether oxygens (including phenoxy) is 1. The van der Waals surface area contributed by atoms with Gasteiger partial charge >= 0.3 is 0 Å². The van der Waals surface area contributed by atoms with Gasteiger partial charge in [-0.2, -0.15) is 0 Å². The summed E-state index contributed by atoms with van der Waals surface area (Å²) in [5.41, 5.74) is 4.19. The van der Waals surface area contributed by atoms with E-state index >= 15 is 0 Å². The molecule has 1 atom stereocenters. The number of rotatable bonds is 8. The number of nitrogens with one attached hydrogen (secondary N) is 2. The van der Waals surface area contributed by atoms with E-state index in [1.54, 1.807) is 32.2 Å². The number of anilines is 1. The molecule has 33 heavy (non-hydrogen) atoms. The molecule has 0 fully saturated rings. The number of methoxy groups -OCH3 is 1. The van der Waals surface area contributed by atoms with Crippen molar-refractivity contribution in [2.24, 2.45) is 0 Å². The molecule has 1 amide bonds. The van der Waals surface area contributed by atoms with Crippen molar-refractivity contribution in [1.82, 2.24) is 5.32 Å². The van der Waals surface area contributed by atoms with E-state index in [1.807, 2.05) is 57.2 Å². The fourth-order valence-electron chi connectivity index (χ4n) is 3.66. The Morgan fingerprint density at radius 3 is 2.24 bits per heavy atom. The molecule has 6 nitrogen and oxygen atoms in total. The highest BCUT2D eigenvalue weighted by Crippen LogP contribution is 2.25. The highest BCUT2D eigenvalue weighted by atomic mass is 32.2. The predicted octanol–water partition coefficient (Wildman–Crippen LogP) is 5.30. The highest BCUT2D eigenvalue weighted by Gasteiger charge is 2.21. The number of carbonyl (C=O) groups is 1. The van der Waals surface area contributed by atoms with Crippen LogP contribution in [-0.4, -0.2) is 21.4 Å². The summed E-state index contributed by atoms with van der Waals surface area (Å²) in [4.78, 5) is 13.1. The van der Waals surface area contributed by atoms with E-state index in [4.69, 9.17) is 4.74 Å². The molecule has 0 heterocycles. The van der Waals surface area contributed by atoms with Crippen molar-refractivity contribution in [1.29, 1.82) is 0 Å². The average Bonchev–Trinajstić information content (AvgIpc) is 2.79. The fourth-order valence-corrected chi connectivity index (χ4v) is 5.06. The zero-order chi connectivity index (χ0) is 24.2. The third-order valence-corrected chi connectivity index (χ3v) is 7.11. The van der Waals surface area contributed by atoms with Gasteiger partial charge in [0.25, 0.3) is 15.9 Å². The Balaban J connectivity index is 1.85. The standard InChI is InChI=1S/C26H30N2O4S/c1-6-23(20-10-12-22(32-5)13-11-20)27-26(29)21-9-8-18(3)25(16-21)33(30,31)28-24-14-7-17(2)15-19(24)4/h7-16,23,28H,6H2,1-5H3,(H,27,29). The van der Waals surface area contributed by atoms with Crippen LogP contribution >= 0.6 is 0 Å². The Labute approximate surface area is 196 Å². The first-order chi connectivity index (χ1) is 15.6. The third kappa shape index (κ3) is 5.73. The van der Waals surface area contributed by atoms with Gasteiger partial charge in [-0.05, 0) is 74.2 Å². The molecule has 3 aromatic rings. The minimum atomic E-state index is -3.87. The van der Waals surface area contributed by atoms with E-state index in [-0.39, 0.29) is 22.4 Å². The number of sulfonamides is 1. The smallest absolute Gasteiger partial charge is 0.262 e. The molecule has 0 bridgehead atoms. The third-order valence-electron chi connectivity index (χ3n) is 5.60. The molecule has 0 saturated carbocycles. The lowest BCUT2D eigenvalue weighted by atomic mass is 10.0. The van der Waals surface area contributed by atoms with Gasteiger partial charge in [-0.3, -0.25) is 9.52 Å². The van der Waals surface area contributed by atoms with Crippen molar-refractivity contribution in [2.75, 3.05) is 11.8 Å². The Hall–Kier alpha value is -3.32. The topological polar surface area (TPSA) is 84.5 Å². The van der Waals surface area contributed by atoms with Crippen LogP contribution in [0.2, 0.25) is 0 Å². The first kappa shape index (κ1) is 24.3. The van der Waals surface area contributed by atoms with E-state index in [0.717, 1.165) is 22.4 Å². The second-order valence-corrected chi connectivity index (χ2v) is 9.76. The summed E-state index contributed by atoms with van der Waals surface area (Å²) in [6.07, 6.45) is 0.684. The maximum Gasteiger partial charge on any atom is 0.262 e. The van der Waals surface area contributed by atoms with E-state index in [1.165, 1.54) is 6.07 Å². The minimum Gasteiger partial charge on any atom is -0.497 e. The number of aryl methyl sites for hydroxylation is 3.